The van der Waals surface area contributed by atoms with Crippen molar-refractivity contribution in [2.45, 2.75) is 11.2 Å². The number of hydrogen-bond donors (Lipinski definition) is 1. The monoisotopic (exact) mass is 282 g/mol. The molecule has 0 radical (unpaired) electrons. The lowest BCUT2D eigenvalue weighted by Crippen LogP contribution is -2.30. The zero-order chi connectivity index (χ0) is 11.4. The van der Waals surface area contributed by atoms with E-state index in [9.17, 15) is 4.79 Å². The molecule has 1 N–H and O–H groups in total. The molecular weight excluding hydrogens is 268 g/mol. The molecule has 1 amide bonds. The molecule has 86 valence electrons. The molecular formula is C12H15BrN2O. The highest BCUT2D eigenvalue weighted by Gasteiger charge is 2.26. The van der Waals surface area contributed by atoms with Crippen molar-refractivity contribution in [3.8, 4) is 0 Å². The van der Waals surface area contributed by atoms with Crippen LogP contribution in [-0.4, -0.2) is 35.3 Å². The van der Waals surface area contributed by atoms with Crippen LogP contribution in [0.3, 0.4) is 0 Å². The van der Waals surface area contributed by atoms with Gasteiger partial charge in [0, 0.05) is 36.6 Å². The maximum Gasteiger partial charge on any atom is 0.223 e. The molecule has 0 aromatic heterocycles. The largest absolute Gasteiger partial charge is 0.383 e. The first-order valence-corrected chi connectivity index (χ1v) is 6.38. The van der Waals surface area contributed by atoms with E-state index in [1.165, 1.54) is 0 Å². The smallest absolute Gasteiger partial charge is 0.223 e. The molecule has 2 rings (SSSR count). The number of para-hydroxylation sites is 1. The van der Waals surface area contributed by atoms with Crippen LogP contribution < -0.4 is 5.32 Å². The van der Waals surface area contributed by atoms with Gasteiger partial charge in [-0.3, -0.25) is 4.79 Å². The summed E-state index contributed by atoms with van der Waals surface area (Å²) in [5, 5.41) is 3.30. The van der Waals surface area contributed by atoms with Gasteiger partial charge in [0.25, 0.3) is 0 Å². The van der Waals surface area contributed by atoms with Crippen molar-refractivity contribution in [2.75, 3.05) is 25.0 Å². The number of halogens is 1. The number of likely N-dealkylation sites (tertiary alicyclic amines) is 1. The summed E-state index contributed by atoms with van der Waals surface area (Å²) < 4.78 is 0. The molecule has 1 saturated heterocycles. The minimum absolute atomic E-state index is 0.247. The van der Waals surface area contributed by atoms with E-state index in [1.807, 2.05) is 35.2 Å². The van der Waals surface area contributed by atoms with Crippen LogP contribution in [0.25, 0.3) is 0 Å². The number of anilines is 1. The number of rotatable bonds is 4. The average Bonchev–Trinajstić information content (AvgIpc) is 2.59. The Morgan fingerprint density at radius 2 is 2.12 bits per heavy atom. The van der Waals surface area contributed by atoms with Crippen LogP contribution >= 0.6 is 15.9 Å². The van der Waals surface area contributed by atoms with Crippen molar-refractivity contribution >= 4 is 27.5 Å². The van der Waals surface area contributed by atoms with Crippen LogP contribution in [0.15, 0.2) is 30.3 Å². The Morgan fingerprint density at radius 3 is 2.75 bits per heavy atom. The van der Waals surface area contributed by atoms with Crippen molar-refractivity contribution in [2.24, 2.45) is 0 Å². The molecule has 1 heterocycles. The fourth-order valence-electron chi connectivity index (χ4n) is 1.83. The normalized spacial score (nSPS) is 20.2. The minimum Gasteiger partial charge on any atom is -0.383 e. The van der Waals surface area contributed by atoms with Crippen LogP contribution in [0.2, 0.25) is 0 Å². The Labute approximate surface area is 104 Å². The van der Waals surface area contributed by atoms with E-state index < -0.39 is 0 Å². The van der Waals surface area contributed by atoms with E-state index >= 15 is 0 Å². The van der Waals surface area contributed by atoms with E-state index in [0.717, 1.165) is 25.3 Å². The van der Waals surface area contributed by atoms with Gasteiger partial charge >= 0.3 is 0 Å². The summed E-state index contributed by atoms with van der Waals surface area (Å²) in [4.78, 5) is 13.7. The third-order valence-corrected chi connectivity index (χ3v) is 3.27. The van der Waals surface area contributed by atoms with Crippen LogP contribution in [0, 0.1) is 0 Å². The summed E-state index contributed by atoms with van der Waals surface area (Å²) in [7, 11) is 0. The second-order valence-corrected chi connectivity index (χ2v) is 5.23. The van der Waals surface area contributed by atoms with Gasteiger partial charge in [0.15, 0.2) is 0 Å². The molecule has 1 atom stereocenters. The Hall–Kier alpha value is -1.03. The topological polar surface area (TPSA) is 32.3 Å². The van der Waals surface area contributed by atoms with Crippen molar-refractivity contribution in [1.29, 1.82) is 0 Å². The Balaban J connectivity index is 1.74. The number of benzene rings is 1. The molecule has 3 nitrogen and oxygen atoms in total. The zero-order valence-electron chi connectivity index (χ0n) is 9.03. The predicted octanol–water partition coefficient (Wildman–Crippen LogP) is 2.09. The Kier molecular flexibility index (Phi) is 3.83. The maximum absolute atomic E-state index is 11.5. The number of amides is 1. The maximum atomic E-state index is 11.5. The summed E-state index contributed by atoms with van der Waals surface area (Å²) in [6, 6.07) is 10.0. The number of nitrogens with zero attached hydrogens (tertiary/aromatic N) is 1. The standard InChI is InChI=1S/C12H15BrN2O/c13-10-8-12(16)15(9-10)7-6-14-11-4-2-1-3-5-11/h1-5,10,14H,6-9H2. The fourth-order valence-corrected chi connectivity index (χ4v) is 2.46. The van der Waals surface area contributed by atoms with Crippen LogP contribution in [0.4, 0.5) is 5.69 Å². The van der Waals surface area contributed by atoms with Gasteiger partial charge in [0.05, 0.1) is 0 Å². The molecule has 0 spiro atoms. The van der Waals surface area contributed by atoms with Gasteiger partial charge in [0.1, 0.15) is 0 Å². The molecule has 1 aromatic rings. The van der Waals surface area contributed by atoms with E-state index in [4.69, 9.17) is 0 Å². The summed E-state index contributed by atoms with van der Waals surface area (Å²) in [5.74, 6) is 0.247. The molecule has 16 heavy (non-hydrogen) atoms. The van der Waals surface area contributed by atoms with Gasteiger partial charge < -0.3 is 10.2 Å². The second kappa shape index (κ2) is 5.34. The second-order valence-electron chi connectivity index (χ2n) is 3.93. The van der Waals surface area contributed by atoms with Crippen molar-refractivity contribution in [3.63, 3.8) is 0 Å². The minimum atomic E-state index is 0.247. The summed E-state index contributed by atoms with van der Waals surface area (Å²) in [6.45, 7) is 2.40. The molecule has 1 unspecified atom stereocenters. The van der Waals surface area contributed by atoms with Crippen molar-refractivity contribution < 1.29 is 4.79 Å². The summed E-state index contributed by atoms with van der Waals surface area (Å²) in [6.07, 6.45) is 0.630. The Morgan fingerprint density at radius 1 is 1.38 bits per heavy atom. The van der Waals surface area contributed by atoms with Crippen molar-refractivity contribution in [1.82, 2.24) is 4.90 Å². The van der Waals surface area contributed by atoms with Crippen LogP contribution in [-0.2, 0) is 4.79 Å². The third kappa shape index (κ3) is 2.98. The predicted molar refractivity (Wildman–Crippen MR) is 68.8 cm³/mol. The number of carbonyl (C=O) groups is 1. The zero-order valence-corrected chi connectivity index (χ0v) is 10.6. The molecule has 0 aliphatic carbocycles. The lowest BCUT2D eigenvalue weighted by molar-refractivity contribution is -0.127. The van der Waals surface area contributed by atoms with Crippen LogP contribution in [0.5, 0.6) is 0 Å². The average molecular weight is 283 g/mol. The lowest BCUT2D eigenvalue weighted by Gasteiger charge is -2.16. The van der Waals surface area contributed by atoms with E-state index in [-0.39, 0.29) is 5.91 Å². The number of hydrogen-bond acceptors (Lipinski definition) is 2. The summed E-state index contributed by atoms with van der Waals surface area (Å²) in [5.41, 5.74) is 1.10. The molecule has 1 aliphatic heterocycles. The number of nitrogens with one attached hydrogen (secondary N) is 1. The van der Waals surface area contributed by atoms with Gasteiger partial charge in [-0.25, -0.2) is 0 Å². The number of alkyl halides is 1. The highest BCUT2D eigenvalue weighted by atomic mass is 79.9. The molecule has 0 saturated carbocycles. The van der Waals surface area contributed by atoms with Crippen molar-refractivity contribution in [3.05, 3.63) is 30.3 Å². The molecule has 1 fully saturated rings. The first kappa shape index (κ1) is 11.5. The first-order valence-electron chi connectivity index (χ1n) is 5.46. The molecule has 0 bridgehead atoms. The first-order chi connectivity index (χ1) is 7.75. The van der Waals surface area contributed by atoms with E-state index in [2.05, 4.69) is 21.2 Å². The van der Waals surface area contributed by atoms with E-state index in [0.29, 0.717) is 11.2 Å². The molecule has 4 heteroatoms. The van der Waals surface area contributed by atoms with Crippen LogP contribution in [0.1, 0.15) is 6.42 Å². The van der Waals surface area contributed by atoms with Gasteiger partial charge in [-0.1, -0.05) is 34.1 Å². The third-order valence-electron chi connectivity index (χ3n) is 2.65. The Bertz CT molecular complexity index is 355. The molecule has 1 aliphatic rings. The highest BCUT2D eigenvalue weighted by molar-refractivity contribution is 9.09. The van der Waals surface area contributed by atoms with E-state index in [1.54, 1.807) is 0 Å². The molecule has 1 aromatic carbocycles. The van der Waals surface area contributed by atoms with Gasteiger partial charge in [-0.15, -0.1) is 0 Å². The summed E-state index contributed by atoms with van der Waals surface area (Å²) >= 11 is 3.47. The number of carbonyl (C=O) groups excluding carboxylic acids is 1. The quantitative estimate of drug-likeness (QED) is 0.858. The fraction of sp³-hybridized carbons (Fsp3) is 0.417. The van der Waals surface area contributed by atoms with Gasteiger partial charge in [0.2, 0.25) is 5.91 Å². The SMILES string of the molecule is O=C1CC(Br)CN1CCNc1ccccc1. The van der Waals surface area contributed by atoms with Gasteiger partial charge in [-0.2, -0.15) is 0 Å². The lowest BCUT2D eigenvalue weighted by atomic mass is 10.3. The highest BCUT2D eigenvalue weighted by Crippen LogP contribution is 2.17. The van der Waals surface area contributed by atoms with Gasteiger partial charge in [-0.05, 0) is 12.1 Å².